The fourth-order valence-electron chi connectivity index (χ4n) is 3.50. The number of aliphatic hydroxyl groups excluding tert-OH is 1. The molecule has 0 saturated heterocycles. The number of rotatable bonds is 4. The third-order valence-electron chi connectivity index (χ3n) is 4.87. The van der Waals surface area contributed by atoms with Crippen LogP contribution in [-0.2, 0) is 22.2 Å². The second-order valence-corrected chi connectivity index (χ2v) is 6.45. The van der Waals surface area contributed by atoms with Crippen LogP contribution in [0, 0.1) is 0 Å². The van der Waals surface area contributed by atoms with E-state index in [0.717, 1.165) is 11.0 Å². The van der Waals surface area contributed by atoms with Crippen LogP contribution in [0.25, 0.3) is 0 Å². The summed E-state index contributed by atoms with van der Waals surface area (Å²) in [5.74, 6) is -1.18. The summed E-state index contributed by atoms with van der Waals surface area (Å²) >= 11 is 0. The number of aldehydes is 1. The normalized spacial score (nSPS) is 19.8. The van der Waals surface area contributed by atoms with Gasteiger partial charge in [-0.3, -0.25) is 4.79 Å². The molecule has 148 valence electrons. The van der Waals surface area contributed by atoms with Crippen LogP contribution in [0.2, 0.25) is 0 Å². The minimum atomic E-state index is -4.64. The van der Waals surface area contributed by atoms with Gasteiger partial charge in [-0.15, -0.1) is 0 Å². The average Bonchev–Trinajstić information content (AvgIpc) is 2.78. The SMILES string of the molecule is COc1ccc([C@@H]2Cc3c(cccc3C(F)(F)F)N(CC=O)C(=O)[C@@H]2O)cc1. The number of hydrogen-bond donors (Lipinski definition) is 1. The molecule has 5 nitrogen and oxygen atoms in total. The summed E-state index contributed by atoms with van der Waals surface area (Å²) in [4.78, 5) is 24.7. The molecule has 2 atom stereocenters. The Hall–Kier alpha value is -2.87. The molecule has 2 aromatic rings. The van der Waals surface area contributed by atoms with E-state index in [1.165, 1.54) is 19.2 Å². The predicted octanol–water partition coefficient (Wildman–Crippen LogP) is 2.95. The summed E-state index contributed by atoms with van der Waals surface area (Å²) in [6.07, 6.45) is -6.02. The number of halogens is 3. The van der Waals surface area contributed by atoms with Gasteiger partial charge in [-0.25, -0.2) is 0 Å². The first kappa shape index (κ1) is 19.9. The molecule has 0 aromatic heterocycles. The highest BCUT2D eigenvalue weighted by Gasteiger charge is 2.41. The molecule has 1 amide bonds. The smallest absolute Gasteiger partial charge is 0.416 e. The maximum atomic E-state index is 13.6. The van der Waals surface area contributed by atoms with Crippen LogP contribution in [0.4, 0.5) is 18.9 Å². The van der Waals surface area contributed by atoms with Crippen molar-refractivity contribution in [3.63, 3.8) is 0 Å². The zero-order valence-electron chi connectivity index (χ0n) is 14.9. The van der Waals surface area contributed by atoms with Crippen molar-refractivity contribution in [2.75, 3.05) is 18.6 Å². The molecule has 28 heavy (non-hydrogen) atoms. The van der Waals surface area contributed by atoms with Crippen molar-refractivity contribution in [3.8, 4) is 5.75 Å². The highest BCUT2D eigenvalue weighted by molar-refractivity contribution is 6.00. The van der Waals surface area contributed by atoms with Gasteiger partial charge in [0.15, 0.2) is 0 Å². The highest BCUT2D eigenvalue weighted by Crippen LogP contribution is 2.42. The number of carbonyl (C=O) groups is 2. The van der Waals surface area contributed by atoms with Gasteiger partial charge in [-0.1, -0.05) is 18.2 Å². The summed E-state index contributed by atoms with van der Waals surface area (Å²) in [5.41, 5.74) is -0.525. The molecule has 0 radical (unpaired) electrons. The van der Waals surface area contributed by atoms with E-state index in [-0.39, 0.29) is 17.7 Å². The summed E-state index contributed by atoms with van der Waals surface area (Å²) in [6.45, 7) is -0.445. The van der Waals surface area contributed by atoms with Gasteiger partial charge in [0.05, 0.1) is 19.2 Å². The highest BCUT2D eigenvalue weighted by atomic mass is 19.4. The first-order chi connectivity index (χ1) is 13.3. The van der Waals surface area contributed by atoms with E-state index in [2.05, 4.69) is 0 Å². The number of aliphatic hydroxyl groups is 1. The Bertz CT molecular complexity index is 880. The molecule has 0 saturated carbocycles. The lowest BCUT2D eigenvalue weighted by molar-refractivity contribution is -0.138. The monoisotopic (exact) mass is 393 g/mol. The van der Waals surface area contributed by atoms with Crippen molar-refractivity contribution >= 4 is 17.9 Å². The van der Waals surface area contributed by atoms with Gasteiger partial charge in [0.2, 0.25) is 0 Å². The summed E-state index contributed by atoms with van der Waals surface area (Å²) in [6, 6.07) is 9.90. The summed E-state index contributed by atoms with van der Waals surface area (Å²) < 4.78 is 45.8. The van der Waals surface area contributed by atoms with Crippen molar-refractivity contribution in [2.45, 2.75) is 24.6 Å². The third-order valence-corrected chi connectivity index (χ3v) is 4.87. The maximum absolute atomic E-state index is 13.6. The number of alkyl halides is 3. The van der Waals surface area contributed by atoms with Gasteiger partial charge in [-0.2, -0.15) is 13.2 Å². The Morgan fingerprint density at radius 3 is 2.46 bits per heavy atom. The second-order valence-electron chi connectivity index (χ2n) is 6.45. The number of methoxy groups -OCH3 is 1. The van der Waals surface area contributed by atoms with Gasteiger partial charge in [0, 0.05) is 11.6 Å². The van der Waals surface area contributed by atoms with Crippen LogP contribution in [0.15, 0.2) is 42.5 Å². The van der Waals surface area contributed by atoms with Crippen molar-refractivity contribution in [2.24, 2.45) is 0 Å². The molecular weight excluding hydrogens is 375 g/mol. The number of nitrogens with zero attached hydrogens (tertiary/aromatic N) is 1. The zero-order valence-corrected chi connectivity index (χ0v) is 14.9. The number of hydrogen-bond acceptors (Lipinski definition) is 4. The molecular formula is C20H18F3NO4. The van der Waals surface area contributed by atoms with Gasteiger partial charge >= 0.3 is 6.18 Å². The third kappa shape index (κ3) is 3.60. The molecule has 2 aromatic carbocycles. The number of amides is 1. The minimum Gasteiger partial charge on any atom is -0.497 e. The number of carbonyl (C=O) groups excluding carboxylic acids is 2. The van der Waals surface area contributed by atoms with Crippen molar-refractivity contribution in [3.05, 3.63) is 59.2 Å². The largest absolute Gasteiger partial charge is 0.497 e. The number of anilines is 1. The van der Waals surface area contributed by atoms with E-state index in [9.17, 15) is 27.9 Å². The Morgan fingerprint density at radius 2 is 1.89 bits per heavy atom. The van der Waals surface area contributed by atoms with Gasteiger partial charge in [0.25, 0.3) is 5.91 Å². The van der Waals surface area contributed by atoms with Crippen LogP contribution in [-0.4, -0.2) is 37.1 Å². The van der Waals surface area contributed by atoms with Crippen LogP contribution in [0.3, 0.4) is 0 Å². The topological polar surface area (TPSA) is 66.8 Å². The average molecular weight is 393 g/mol. The fourth-order valence-corrected chi connectivity index (χ4v) is 3.50. The molecule has 0 fully saturated rings. The Labute approximate surface area is 159 Å². The molecule has 0 bridgehead atoms. The van der Waals surface area contributed by atoms with Gasteiger partial charge in [-0.05, 0) is 41.8 Å². The lowest BCUT2D eigenvalue weighted by Crippen LogP contribution is -2.41. The quantitative estimate of drug-likeness (QED) is 0.812. The lowest BCUT2D eigenvalue weighted by Gasteiger charge is -2.24. The molecule has 1 heterocycles. The van der Waals surface area contributed by atoms with Gasteiger partial charge < -0.3 is 19.5 Å². The number of fused-ring (bicyclic) bond motifs is 1. The molecule has 8 heteroatoms. The Balaban J connectivity index is 2.17. The van der Waals surface area contributed by atoms with E-state index in [1.807, 2.05) is 0 Å². The van der Waals surface area contributed by atoms with Crippen molar-refractivity contribution < 1.29 is 32.6 Å². The zero-order chi connectivity index (χ0) is 20.5. The summed E-state index contributed by atoms with van der Waals surface area (Å²) in [5, 5.41) is 10.6. The second kappa shape index (κ2) is 7.63. The van der Waals surface area contributed by atoms with E-state index < -0.39 is 36.2 Å². The van der Waals surface area contributed by atoms with E-state index >= 15 is 0 Å². The van der Waals surface area contributed by atoms with Crippen LogP contribution in [0.5, 0.6) is 5.75 Å². The Kier molecular flexibility index (Phi) is 5.42. The molecule has 1 N–H and O–H groups in total. The molecule has 1 aliphatic rings. The Morgan fingerprint density at radius 1 is 1.21 bits per heavy atom. The van der Waals surface area contributed by atoms with Crippen molar-refractivity contribution in [1.29, 1.82) is 0 Å². The fraction of sp³-hybridized carbons (Fsp3) is 0.300. The molecule has 0 aliphatic carbocycles. The minimum absolute atomic E-state index is 0.0120. The van der Waals surface area contributed by atoms with Crippen LogP contribution >= 0.6 is 0 Å². The van der Waals surface area contributed by atoms with E-state index in [0.29, 0.717) is 17.6 Å². The molecule has 0 spiro atoms. The lowest BCUT2D eigenvalue weighted by atomic mass is 9.86. The molecule has 0 unspecified atom stereocenters. The van der Waals surface area contributed by atoms with Gasteiger partial charge in [0.1, 0.15) is 18.1 Å². The summed E-state index contributed by atoms with van der Waals surface area (Å²) in [7, 11) is 1.47. The van der Waals surface area contributed by atoms with E-state index in [1.54, 1.807) is 24.3 Å². The van der Waals surface area contributed by atoms with Crippen LogP contribution in [0.1, 0.15) is 22.6 Å². The predicted molar refractivity (Wildman–Crippen MR) is 95.3 cm³/mol. The molecule has 3 rings (SSSR count). The number of ether oxygens (including phenoxy) is 1. The molecule has 1 aliphatic heterocycles. The first-order valence-electron chi connectivity index (χ1n) is 8.54. The number of benzene rings is 2. The van der Waals surface area contributed by atoms with Crippen molar-refractivity contribution in [1.82, 2.24) is 0 Å². The van der Waals surface area contributed by atoms with Crippen LogP contribution < -0.4 is 9.64 Å². The maximum Gasteiger partial charge on any atom is 0.416 e. The standard InChI is InChI=1S/C20H18F3NO4/c1-28-13-7-5-12(6-8-13)14-11-15-16(20(21,22)23)3-2-4-17(15)24(9-10-25)19(27)18(14)26/h2-8,10,14,18,26H,9,11H2,1H3/t14-,18+/m0/s1. The first-order valence-corrected chi connectivity index (χ1v) is 8.54. The van der Waals surface area contributed by atoms with E-state index in [4.69, 9.17) is 4.74 Å².